The van der Waals surface area contributed by atoms with Crippen molar-refractivity contribution in [1.82, 2.24) is 0 Å². The van der Waals surface area contributed by atoms with Crippen molar-refractivity contribution in [3.05, 3.63) is 35.9 Å². The SMILES string of the molecule is CC(C)Oc1cc(CO)c(OC(C)C)c2ccccc12. The van der Waals surface area contributed by atoms with Crippen LogP contribution in [0.1, 0.15) is 33.3 Å². The summed E-state index contributed by atoms with van der Waals surface area (Å²) in [5, 5.41) is 11.6. The number of aliphatic hydroxyl groups excluding tert-OH is 1. The van der Waals surface area contributed by atoms with Crippen LogP contribution in [0.2, 0.25) is 0 Å². The lowest BCUT2D eigenvalue weighted by Gasteiger charge is -2.19. The number of fused-ring (bicyclic) bond motifs is 1. The molecule has 0 aliphatic heterocycles. The van der Waals surface area contributed by atoms with Gasteiger partial charge in [0.15, 0.2) is 0 Å². The monoisotopic (exact) mass is 274 g/mol. The summed E-state index contributed by atoms with van der Waals surface area (Å²) < 4.78 is 11.8. The van der Waals surface area contributed by atoms with Gasteiger partial charge in [0.2, 0.25) is 0 Å². The summed E-state index contributed by atoms with van der Waals surface area (Å²) in [6.07, 6.45) is 0.141. The van der Waals surface area contributed by atoms with Crippen molar-refractivity contribution in [3.8, 4) is 11.5 Å². The minimum atomic E-state index is -0.0681. The Morgan fingerprint density at radius 1 is 0.950 bits per heavy atom. The summed E-state index contributed by atoms with van der Waals surface area (Å²) in [5.74, 6) is 1.53. The topological polar surface area (TPSA) is 38.7 Å². The highest BCUT2D eigenvalue weighted by molar-refractivity contribution is 5.94. The van der Waals surface area contributed by atoms with Crippen LogP contribution in [-0.2, 0) is 6.61 Å². The molecule has 0 fully saturated rings. The second-order valence-corrected chi connectivity index (χ2v) is 5.40. The van der Waals surface area contributed by atoms with E-state index in [2.05, 4.69) is 0 Å². The largest absolute Gasteiger partial charge is 0.490 e. The molecule has 2 aromatic rings. The van der Waals surface area contributed by atoms with E-state index in [1.807, 2.05) is 58.0 Å². The zero-order chi connectivity index (χ0) is 14.7. The van der Waals surface area contributed by atoms with Crippen molar-refractivity contribution in [1.29, 1.82) is 0 Å². The first-order valence-corrected chi connectivity index (χ1v) is 7.01. The van der Waals surface area contributed by atoms with Crippen molar-refractivity contribution in [2.24, 2.45) is 0 Å². The van der Waals surface area contributed by atoms with Crippen molar-refractivity contribution in [2.45, 2.75) is 46.5 Å². The minimum absolute atomic E-state index is 0.0561. The molecule has 0 atom stereocenters. The Labute approximate surface area is 120 Å². The van der Waals surface area contributed by atoms with Crippen LogP contribution in [0.15, 0.2) is 30.3 Å². The van der Waals surface area contributed by atoms with Gasteiger partial charge < -0.3 is 14.6 Å². The van der Waals surface area contributed by atoms with Crippen molar-refractivity contribution < 1.29 is 14.6 Å². The van der Waals surface area contributed by atoms with Crippen LogP contribution in [0.4, 0.5) is 0 Å². The standard InChI is InChI=1S/C17H22O3/c1-11(2)19-16-9-13(10-18)17(20-12(3)4)15-8-6-5-7-14(15)16/h5-9,11-12,18H,10H2,1-4H3. The van der Waals surface area contributed by atoms with Gasteiger partial charge in [0, 0.05) is 16.3 Å². The summed E-state index contributed by atoms with van der Waals surface area (Å²) in [6.45, 7) is 7.88. The number of hydrogen-bond donors (Lipinski definition) is 1. The van der Waals surface area contributed by atoms with Crippen LogP contribution in [0.5, 0.6) is 11.5 Å². The zero-order valence-corrected chi connectivity index (χ0v) is 12.5. The zero-order valence-electron chi connectivity index (χ0n) is 12.5. The van der Waals surface area contributed by atoms with Gasteiger partial charge in [-0.25, -0.2) is 0 Å². The molecule has 20 heavy (non-hydrogen) atoms. The van der Waals surface area contributed by atoms with Gasteiger partial charge in [-0.05, 0) is 33.8 Å². The molecule has 3 nitrogen and oxygen atoms in total. The van der Waals surface area contributed by atoms with E-state index < -0.39 is 0 Å². The Balaban J connectivity index is 2.66. The number of hydrogen-bond acceptors (Lipinski definition) is 3. The molecule has 2 aromatic carbocycles. The lowest BCUT2D eigenvalue weighted by atomic mass is 10.0. The number of aliphatic hydroxyl groups is 1. The third kappa shape index (κ3) is 3.05. The predicted molar refractivity (Wildman–Crippen MR) is 81.4 cm³/mol. The lowest BCUT2D eigenvalue weighted by Crippen LogP contribution is -2.10. The fraction of sp³-hybridized carbons (Fsp3) is 0.412. The molecular weight excluding hydrogens is 252 g/mol. The van der Waals surface area contributed by atoms with Crippen molar-refractivity contribution in [3.63, 3.8) is 0 Å². The Morgan fingerprint density at radius 2 is 1.55 bits per heavy atom. The van der Waals surface area contributed by atoms with Gasteiger partial charge in [-0.1, -0.05) is 24.3 Å². The molecule has 0 heterocycles. The molecule has 0 aromatic heterocycles. The van der Waals surface area contributed by atoms with E-state index in [9.17, 15) is 5.11 Å². The normalized spacial score (nSPS) is 11.3. The number of benzene rings is 2. The highest BCUT2D eigenvalue weighted by atomic mass is 16.5. The number of rotatable bonds is 5. The molecule has 0 bridgehead atoms. The van der Waals surface area contributed by atoms with Crippen molar-refractivity contribution in [2.75, 3.05) is 0 Å². The molecule has 2 rings (SSSR count). The molecule has 0 aliphatic carbocycles. The Bertz CT molecular complexity index is 588. The molecular formula is C17H22O3. The van der Waals surface area contributed by atoms with Crippen LogP contribution in [-0.4, -0.2) is 17.3 Å². The third-order valence-corrected chi connectivity index (χ3v) is 2.92. The summed E-state index contributed by atoms with van der Waals surface area (Å²) in [7, 11) is 0. The quantitative estimate of drug-likeness (QED) is 0.898. The first-order valence-electron chi connectivity index (χ1n) is 7.01. The molecule has 0 aliphatic rings. The fourth-order valence-corrected chi connectivity index (χ4v) is 2.21. The Morgan fingerprint density at radius 3 is 2.10 bits per heavy atom. The lowest BCUT2D eigenvalue weighted by molar-refractivity contribution is 0.224. The Kier molecular flexibility index (Phi) is 4.50. The molecule has 0 unspecified atom stereocenters. The van der Waals surface area contributed by atoms with Gasteiger partial charge in [0.25, 0.3) is 0 Å². The predicted octanol–water partition coefficient (Wildman–Crippen LogP) is 3.91. The van der Waals surface area contributed by atoms with E-state index in [0.29, 0.717) is 0 Å². The molecule has 0 radical (unpaired) electrons. The van der Waals surface area contributed by atoms with Gasteiger partial charge in [0.05, 0.1) is 18.8 Å². The Hall–Kier alpha value is -1.74. The van der Waals surface area contributed by atoms with Gasteiger partial charge >= 0.3 is 0 Å². The van der Waals surface area contributed by atoms with E-state index in [1.54, 1.807) is 0 Å². The maximum atomic E-state index is 9.61. The van der Waals surface area contributed by atoms with Crippen LogP contribution >= 0.6 is 0 Å². The highest BCUT2D eigenvalue weighted by Gasteiger charge is 2.15. The van der Waals surface area contributed by atoms with E-state index in [-0.39, 0.29) is 18.8 Å². The maximum Gasteiger partial charge on any atom is 0.133 e. The summed E-state index contributed by atoms with van der Waals surface area (Å²) in [5.41, 5.74) is 0.757. The van der Waals surface area contributed by atoms with Gasteiger partial charge in [-0.3, -0.25) is 0 Å². The van der Waals surface area contributed by atoms with Crippen molar-refractivity contribution >= 4 is 10.8 Å². The highest BCUT2D eigenvalue weighted by Crippen LogP contribution is 2.37. The van der Waals surface area contributed by atoms with E-state index in [1.165, 1.54) is 0 Å². The van der Waals surface area contributed by atoms with Crippen LogP contribution in [0, 0.1) is 0 Å². The first-order chi connectivity index (χ1) is 9.52. The summed E-state index contributed by atoms with van der Waals surface area (Å²) >= 11 is 0. The van der Waals surface area contributed by atoms with Gasteiger partial charge in [0.1, 0.15) is 11.5 Å². The summed E-state index contributed by atoms with van der Waals surface area (Å²) in [6, 6.07) is 9.84. The second kappa shape index (κ2) is 6.14. The smallest absolute Gasteiger partial charge is 0.133 e. The molecule has 3 heteroatoms. The van der Waals surface area contributed by atoms with Gasteiger partial charge in [-0.2, -0.15) is 0 Å². The fourth-order valence-electron chi connectivity index (χ4n) is 2.21. The molecule has 0 amide bonds. The molecule has 0 saturated heterocycles. The van der Waals surface area contributed by atoms with E-state index >= 15 is 0 Å². The van der Waals surface area contributed by atoms with E-state index in [4.69, 9.17) is 9.47 Å². The first kappa shape index (κ1) is 14.7. The third-order valence-electron chi connectivity index (χ3n) is 2.92. The molecule has 108 valence electrons. The number of ether oxygens (including phenoxy) is 2. The molecule has 0 spiro atoms. The van der Waals surface area contributed by atoms with E-state index in [0.717, 1.165) is 27.8 Å². The maximum absolute atomic E-state index is 9.61. The van der Waals surface area contributed by atoms with Crippen LogP contribution < -0.4 is 9.47 Å². The molecule has 0 saturated carbocycles. The van der Waals surface area contributed by atoms with Crippen LogP contribution in [0.25, 0.3) is 10.8 Å². The average Bonchev–Trinajstić information content (AvgIpc) is 2.40. The van der Waals surface area contributed by atoms with Gasteiger partial charge in [-0.15, -0.1) is 0 Å². The van der Waals surface area contributed by atoms with Crippen LogP contribution in [0.3, 0.4) is 0 Å². The summed E-state index contributed by atoms with van der Waals surface area (Å²) in [4.78, 5) is 0. The second-order valence-electron chi connectivity index (χ2n) is 5.40. The minimum Gasteiger partial charge on any atom is -0.490 e. The average molecular weight is 274 g/mol. The molecule has 1 N–H and O–H groups in total.